The standard InChI is InChI=1S/C14H20N4O2/c1-10(15)6-7-16-13(19)11-2-4-12(5-3-11)18-9-8-17-14(18)20/h2-5,10H,6-9,15H2,1H3,(H,16,19)(H,17,20). The second-order valence-electron chi connectivity index (χ2n) is 4.95. The maximum atomic E-state index is 11.9. The summed E-state index contributed by atoms with van der Waals surface area (Å²) >= 11 is 0. The summed E-state index contributed by atoms with van der Waals surface area (Å²) in [6.07, 6.45) is 0.748. The molecule has 1 atom stereocenters. The normalized spacial score (nSPS) is 15.9. The Bertz CT molecular complexity index is 484. The average Bonchev–Trinajstić information content (AvgIpc) is 2.84. The van der Waals surface area contributed by atoms with E-state index < -0.39 is 0 Å². The molecule has 1 heterocycles. The van der Waals surface area contributed by atoms with Gasteiger partial charge in [-0.1, -0.05) is 0 Å². The molecule has 0 saturated carbocycles. The highest BCUT2D eigenvalue weighted by Gasteiger charge is 2.21. The lowest BCUT2D eigenvalue weighted by Crippen LogP contribution is -2.29. The van der Waals surface area contributed by atoms with E-state index in [4.69, 9.17) is 5.73 Å². The largest absolute Gasteiger partial charge is 0.352 e. The van der Waals surface area contributed by atoms with Crippen LogP contribution >= 0.6 is 0 Å². The van der Waals surface area contributed by atoms with Gasteiger partial charge in [-0.3, -0.25) is 9.69 Å². The number of amides is 3. The van der Waals surface area contributed by atoms with Crippen LogP contribution in [0, 0.1) is 0 Å². The fourth-order valence-corrected chi connectivity index (χ4v) is 2.03. The molecule has 1 aliphatic heterocycles. The number of carbonyl (C=O) groups excluding carboxylic acids is 2. The fraction of sp³-hybridized carbons (Fsp3) is 0.429. The van der Waals surface area contributed by atoms with E-state index in [0.29, 0.717) is 25.2 Å². The number of carbonyl (C=O) groups is 2. The van der Waals surface area contributed by atoms with Crippen LogP contribution in [0.3, 0.4) is 0 Å². The van der Waals surface area contributed by atoms with Crippen LogP contribution in [0.5, 0.6) is 0 Å². The van der Waals surface area contributed by atoms with Crippen LogP contribution in [0.25, 0.3) is 0 Å². The third-order valence-electron chi connectivity index (χ3n) is 3.18. The lowest BCUT2D eigenvalue weighted by molar-refractivity contribution is 0.0953. The summed E-state index contributed by atoms with van der Waals surface area (Å²) < 4.78 is 0. The smallest absolute Gasteiger partial charge is 0.321 e. The van der Waals surface area contributed by atoms with Gasteiger partial charge < -0.3 is 16.4 Å². The summed E-state index contributed by atoms with van der Waals surface area (Å²) in [4.78, 5) is 25.1. The van der Waals surface area contributed by atoms with Crippen molar-refractivity contribution in [3.8, 4) is 0 Å². The molecule has 0 aliphatic carbocycles. The molecule has 1 aromatic carbocycles. The molecular formula is C14H20N4O2. The Balaban J connectivity index is 1.94. The number of rotatable bonds is 5. The summed E-state index contributed by atoms with van der Waals surface area (Å²) in [7, 11) is 0. The highest BCUT2D eigenvalue weighted by molar-refractivity contribution is 5.96. The van der Waals surface area contributed by atoms with Crippen LogP contribution in [-0.4, -0.2) is 37.6 Å². The van der Waals surface area contributed by atoms with Crippen molar-refractivity contribution in [2.75, 3.05) is 24.5 Å². The van der Waals surface area contributed by atoms with Crippen LogP contribution in [0.15, 0.2) is 24.3 Å². The molecule has 1 fully saturated rings. The SMILES string of the molecule is CC(N)CCNC(=O)c1ccc(N2CCNC2=O)cc1. The Kier molecular flexibility index (Phi) is 4.57. The Hall–Kier alpha value is -2.08. The van der Waals surface area contributed by atoms with Crippen molar-refractivity contribution >= 4 is 17.6 Å². The molecule has 20 heavy (non-hydrogen) atoms. The van der Waals surface area contributed by atoms with E-state index in [1.807, 2.05) is 6.92 Å². The van der Waals surface area contributed by atoms with E-state index >= 15 is 0 Å². The van der Waals surface area contributed by atoms with E-state index in [1.54, 1.807) is 29.2 Å². The molecule has 1 aromatic rings. The van der Waals surface area contributed by atoms with Crippen molar-refractivity contribution in [1.82, 2.24) is 10.6 Å². The molecule has 0 bridgehead atoms. The van der Waals surface area contributed by atoms with Gasteiger partial charge >= 0.3 is 6.03 Å². The molecule has 6 nitrogen and oxygen atoms in total. The maximum Gasteiger partial charge on any atom is 0.321 e. The van der Waals surface area contributed by atoms with E-state index in [0.717, 1.165) is 12.1 Å². The van der Waals surface area contributed by atoms with Crippen molar-refractivity contribution in [3.05, 3.63) is 29.8 Å². The van der Waals surface area contributed by atoms with Crippen molar-refractivity contribution < 1.29 is 9.59 Å². The zero-order valence-corrected chi connectivity index (χ0v) is 11.6. The number of hydrogen-bond acceptors (Lipinski definition) is 3. The van der Waals surface area contributed by atoms with Gasteiger partial charge in [0.25, 0.3) is 5.91 Å². The van der Waals surface area contributed by atoms with Gasteiger partial charge in [0.15, 0.2) is 0 Å². The lowest BCUT2D eigenvalue weighted by Gasteiger charge is -2.14. The summed E-state index contributed by atoms with van der Waals surface area (Å²) in [5.74, 6) is -0.122. The van der Waals surface area contributed by atoms with Gasteiger partial charge in [0.05, 0.1) is 0 Å². The van der Waals surface area contributed by atoms with Crippen LogP contribution in [-0.2, 0) is 0 Å². The molecule has 0 aromatic heterocycles. The quantitative estimate of drug-likeness (QED) is 0.739. The van der Waals surface area contributed by atoms with Crippen molar-refractivity contribution in [3.63, 3.8) is 0 Å². The second-order valence-corrected chi connectivity index (χ2v) is 4.95. The van der Waals surface area contributed by atoms with Gasteiger partial charge in [-0.25, -0.2) is 4.79 Å². The first-order chi connectivity index (χ1) is 9.58. The molecular weight excluding hydrogens is 256 g/mol. The topological polar surface area (TPSA) is 87.5 Å². The molecule has 3 amide bonds. The zero-order valence-electron chi connectivity index (χ0n) is 11.6. The van der Waals surface area contributed by atoms with Crippen molar-refractivity contribution in [1.29, 1.82) is 0 Å². The van der Waals surface area contributed by atoms with Gasteiger partial charge in [0.1, 0.15) is 0 Å². The molecule has 1 saturated heterocycles. The molecule has 2 rings (SSSR count). The second kappa shape index (κ2) is 6.38. The van der Waals surface area contributed by atoms with Crippen LogP contribution in [0.1, 0.15) is 23.7 Å². The molecule has 4 N–H and O–H groups in total. The number of benzene rings is 1. The number of nitrogens with zero attached hydrogens (tertiary/aromatic N) is 1. The molecule has 1 aliphatic rings. The first-order valence-corrected chi connectivity index (χ1v) is 6.77. The Morgan fingerprint density at radius 3 is 2.70 bits per heavy atom. The fourth-order valence-electron chi connectivity index (χ4n) is 2.03. The summed E-state index contributed by atoms with van der Waals surface area (Å²) in [6.45, 7) is 3.77. The van der Waals surface area contributed by atoms with Crippen LogP contribution < -0.4 is 21.3 Å². The third-order valence-corrected chi connectivity index (χ3v) is 3.18. The minimum Gasteiger partial charge on any atom is -0.352 e. The number of nitrogens with two attached hydrogens (primary N) is 1. The van der Waals surface area contributed by atoms with Gasteiger partial charge in [-0.05, 0) is 37.6 Å². The van der Waals surface area contributed by atoms with Gasteiger partial charge in [-0.15, -0.1) is 0 Å². The highest BCUT2D eigenvalue weighted by Crippen LogP contribution is 2.17. The van der Waals surface area contributed by atoms with Crippen molar-refractivity contribution in [2.45, 2.75) is 19.4 Å². The molecule has 108 valence electrons. The van der Waals surface area contributed by atoms with Crippen LogP contribution in [0.2, 0.25) is 0 Å². The molecule has 6 heteroatoms. The minimum atomic E-state index is -0.122. The van der Waals surface area contributed by atoms with Gasteiger partial charge in [-0.2, -0.15) is 0 Å². The van der Waals surface area contributed by atoms with E-state index in [1.165, 1.54) is 0 Å². The highest BCUT2D eigenvalue weighted by atomic mass is 16.2. The maximum absolute atomic E-state index is 11.9. The molecule has 1 unspecified atom stereocenters. The average molecular weight is 276 g/mol. The number of nitrogens with one attached hydrogen (secondary N) is 2. The summed E-state index contributed by atoms with van der Waals surface area (Å²) in [5.41, 5.74) is 7.01. The van der Waals surface area contributed by atoms with Crippen LogP contribution in [0.4, 0.5) is 10.5 Å². The van der Waals surface area contributed by atoms with Crippen molar-refractivity contribution in [2.24, 2.45) is 5.73 Å². The third kappa shape index (κ3) is 3.48. The number of urea groups is 1. The first-order valence-electron chi connectivity index (χ1n) is 6.77. The number of hydrogen-bond donors (Lipinski definition) is 3. The zero-order chi connectivity index (χ0) is 14.5. The Morgan fingerprint density at radius 1 is 1.45 bits per heavy atom. The first kappa shape index (κ1) is 14.3. The Morgan fingerprint density at radius 2 is 2.15 bits per heavy atom. The Labute approximate surface area is 118 Å². The lowest BCUT2D eigenvalue weighted by atomic mass is 10.1. The van der Waals surface area contributed by atoms with Gasteiger partial charge in [0.2, 0.25) is 0 Å². The molecule has 0 radical (unpaired) electrons. The summed E-state index contributed by atoms with van der Waals surface area (Å²) in [5, 5.41) is 5.56. The predicted octanol–water partition coefficient (Wildman–Crippen LogP) is 0.683. The van der Waals surface area contributed by atoms with E-state index in [9.17, 15) is 9.59 Å². The predicted molar refractivity (Wildman–Crippen MR) is 77.8 cm³/mol. The van der Waals surface area contributed by atoms with E-state index in [2.05, 4.69) is 10.6 Å². The molecule has 0 spiro atoms. The van der Waals surface area contributed by atoms with E-state index in [-0.39, 0.29) is 18.0 Å². The van der Waals surface area contributed by atoms with Gasteiger partial charge in [0, 0.05) is 36.9 Å². The minimum absolute atomic E-state index is 0.0753. The number of anilines is 1. The monoisotopic (exact) mass is 276 g/mol. The summed E-state index contributed by atoms with van der Waals surface area (Å²) in [6, 6.07) is 6.99.